The first kappa shape index (κ1) is 30.0. The first-order valence-corrected chi connectivity index (χ1v) is 15.8. The summed E-state index contributed by atoms with van der Waals surface area (Å²) in [6, 6.07) is 54.5. The predicted octanol–water partition coefficient (Wildman–Crippen LogP) is 12.9. The molecule has 1 unspecified atom stereocenters. The van der Waals surface area contributed by atoms with Gasteiger partial charge in [-0.2, -0.15) is 0 Å². The Morgan fingerprint density at radius 2 is 0.933 bits per heavy atom. The summed E-state index contributed by atoms with van der Waals surface area (Å²) in [4.78, 5) is 4.69. The van der Waals surface area contributed by atoms with Crippen molar-refractivity contribution < 1.29 is 0 Å². The first-order valence-electron chi connectivity index (χ1n) is 15.8. The lowest BCUT2D eigenvalue weighted by molar-refractivity contribution is 0.365. The Morgan fingerprint density at radius 3 is 1.47 bits per heavy atom. The second-order valence-corrected chi connectivity index (χ2v) is 13.0. The molecule has 6 aromatic rings. The molecule has 2 nitrogen and oxygen atoms in total. The van der Waals surface area contributed by atoms with Crippen molar-refractivity contribution in [1.82, 2.24) is 0 Å². The number of hydrogen-bond acceptors (Lipinski definition) is 2. The fourth-order valence-corrected chi connectivity index (χ4v) is 6.19. The molecule has 0 spiro atoms. The van der Waals surface area contributed by atoms with E-state index in [4.69, 9.17) is 0 Å². The lowest BCUT2D eigenvalue weighted by Gasteiger charge is -2.31. The minimum atomic E-state index is 0.118. The molecule has 0 aliphatic rings. The van der Waals surface area contributed by atoms with Crippen LogP contribution in [0.4, 0.5) is 34.1 Å². The molecule has 2 heteroatoms. The number of benzene rings is 6. The molecule has 0 aromatic heterocycles. The third-order valence-electron chi connectivity index (χ3n) is 8.35. The number of nitrogens with zero attached hydrogens (tertiary/aromatic N) is 2. The topological polar surface area (TPSA) is 6.48 Å². The van der Waals surface area contributed by atoms with Gasteiger partial charge in [0.2, 0.25) is 0 Å². The summed E-state index contributed by atoms with van der Waals surface area (Å²) >= 11 is 0. The van der Waals surface area contributed by atoms with Crippen molar-refractivity contribution in [2.24, 2.45) is 5.41 Å². The van der Waals surface area contributed by atoms with E-state index in [1.165, 1.54) is 21.9 Å². The normalized spacial score (nSPS) is 12.0. The number of hydrogen-bond donors (Lipinski definition) is 0. The Hall–Kier alpha value is -5.08. The van der Waals surface area contributed by atoms with Gasteiger partial charge in [0.05, 0.1) is 5.69 Å². The van der Waals surface area contributed by atoms with Crippen molar-refractivity contribution in [2.75, 3.05) is 9.80 Å². The lowest BCUT2D eigenvalue weighted by atomic mass is 9.75. The maximum Gasteiger partial charge on any atom is 0.0540 e. The Morgan fingerprint density at radius 1 is 0.489 bits per heavy atom. The van der Waals surface area contributed by atoms with Gasteiger partial charge >= 0.3 is 0 Å². The third kappa shape index (κ3) is 6.56. The molecule has 45 heavy (non-hydrogen) atoms. The van der Waals surface area contributed by atoms with Gasteiger partial charge in [0.1, 0.15) is 0 Å². The average Bonchev–Trinajstić information content (AvgIpc) is 3.06. The molecule has 0 aliphatic heterocycles. The van der Waals surface area contributed by atoms with Crippen molar-refractivity contribution in [3.8, 4) is 0 Å². The van der Waals surface area contributed by atoms with E-state index in [0.717, 1.165) is 34.1 Å². The average molecular weight is 587 g/mol. The zero-order valence-electron chi connectivity index (χ0n) is 27.0. The van der Waals surface area contributed by atoms with E-state index in [1.807, 2.05) is 0 Å². The molecule has 0 fully saturated rings. The van der Waals surface area contributed by atoms with Crippen LogP contribution >= 0.6 is 0 Å². The van der Waals surface area contributed by atoms with Crippen LogP contribution in [0.2, 0.25) is 0 Å². The number of allylic oxidation sites excluding steroid dienone is 2. The molecule has 6 rings (SSSR count). The molecule has 224 valence electrons. The molecular weight excluding hydrogens is 544 g/mol. The van der Waals surface area contributed by atoms with E-state index >= 15 is 0 Å². The standard InChI is InChI=1S/C43H42N2/c1-32(2)31-41(43(3,4)5)34-23-25-38(26-24-34)45(42-22-14-16-33-15-12-13-21-40(33)42)39-29-27-37(28-30-39)44(35-17-8-6-9-18-35)36-19-10-7-11-20-36/h6-31,41H,1-5H3. The van der Waals surface area contributed by atoms with Gasteiger partial charge in [0.25, 0.3) is 0 Å². The summed E-state index contributed by atoms with van der Waals surface area (Å²) < 4.78 is 0. The Balaban J connectivity index is 1.46. The molecule has 6 aromatic carbocycles. The van der Waals surface area contributed by atoms with Crippen LogP contribution in [0.3, 0.4) is 0 Å². The van der Waals surface area contributed by atoms with Gasteiger partial charge in [-0.15, -0.1) is 0 Å². The van der Waals surface area contributed by atoms with Gasteiger partial charge < -0.3 is 9.80 Å². The summed E-state index contributed by atoms with van der Waals surface area (Å²) in [5.41, 5.74) is 9.57. The number of anilines is 6. The number of rotatable bonds is 8. The summed E-state index contributed by atoms with van der Waals surface area (Å²) in [5, 5.41) is 2.45. The smallest absolute Gasteiger partial charge is 0.0540 e. The summed E-state index contributed by atoms with van der Waals surface area (Å²) in [5.74, 6) is 0.337. The molecule has 0 aliphatic carbocycles. The van der Waals surface area contributed by atoms with E-state index in [1.54, 1.807) is 0 Å². The fraction of sp³-hybridized carbons (Fsp3) is 0.163. The van der Waals surface area contributed by atoms with Gasteiger partial charge in [-0.1, -0.05) is 117 Å². The minimum Gasteiger partial charge on any atom is -0.311 e. The maximum atomic E-state index is 2.40. The monoisotopic (exact) mass is 586 g/mol. The molecule has 0 bridgehead atoms. The molecule has 0 saturated heterocycles. The van der Waals surface area contributed by atoms with Crippen LogP contribution in [0.5, 0.6) is 0 Å². The zero-order valence-corrected chi connectivity index (χ0v) is 27.0. The van der Waals surface area contributed by atoms with Crippen molar-refractivity contribution in [3.63, 3.8) is 0 Å². The van der Waals surface area contributed by atoms with Crippen LogP contribution in [0.25, 0.3) is 10.8 Å². The third-order valence-corrected chi connectivity index (χ3v) is 8.35. The quantitative estimate of drug-likeness (QED) is 0.164. The van der Waals surface area contributed by atoms with Crippen LogP contribution < -0.4 is 9.80 Å². The summed E-state index contributed by atoms with van der Waals surface area (Å²) in [6.45, 7) is 11.3. The van der Waals surface area contributed by atoms with E-state index in [-0.39, 0.29) is 5.41 Å². The van der Waals surface area contributed by atoms with Crippen molar-refractivity contribution in [3.05, 3.63) is 169 Å². The molecule has 0 heterocycles. The van der Waals surface area contributed by atoms with Crippen molar-refractivity contribution >= 4 is 44.9 Å². The summed E-state index contributed by atoms with van der Waals surface area (Å²) in [6.07, 6.45) is 2.40. The molecule has 0 amide bonds. The largest absolute Gasteiger partial charge is 0.311 e. The highest BCUT2D eigenvalue weighted by atomic mass is 15.2. The van der Waals surface area contributed by atoms with Crippen molar-refractivity contribution in [1.29, 1.82) is 0 Å². The minimum absolute atomic E-state index is 0.118. The highest BCUT2D eigenvalue weighted by molar-refractivity contribution is 5.99. The van der Waals surface area contributed by atoms with Crippen LogP contribution in [0.1, 0.15) is 46.1 Å². The van der Waals surface area contributed by atoms with Gasteiger partial charge in [-0.05, 0) is 96.9 Å². The summed E-state index contributed by atoms with van der Waals surface area (Å²) in [7, 11) is 0. The van der Waals surface area contributed by atoms with Gasteiger partial charge in [0, 0.05) is 39.7 Å². The highest BCUT2D eigenvalue weighted by Gasteiger charge is 2.25. The Labute approximate surface area is 268 Å². The maximum absolute atomic E-state index is 2.40. The number of para-hydroxylation sites is 2. The molecule has 0 N–H and O–H groups in total. The second kappa shape index (κ2) is 12.9. The van der Waals surface area contributed by atoms with Gasteiger partial charge in [0.15, 0.2) is 0 Å². The molecule has 1 atom stereocenters. The van der Waals surface area contributed by atoms with Gasteiger partial charge in [-0.3, -0.25) is 0 Å². The Bertz CT molecular complexity index is 1830. The van der Waals surface area contributed by atoms with Gasteiger partial charge in [-0.25, -0.2) is 0 Å². The van der Waals surface area contributed by atoms with Crippen LogP contribution in [-0.2, 0) is 0 Å². The van der Waals surface area contributed by atoms with Crippen LogP contribution in [-0.4, -0.2) is 0 Å². The van der Waals surface area contributed by atoms with E-state index in [2.05, 4.69) is 202 Å². The predicted molar refractivity (Wildman–Crippen MR) is 195 cm³/mol. The highest BCUT2D eigenvalue weighted by Crippen LogP contribution is 2.43. The SMILES string of the molecule is CC(C)=CC(c1ccc(N(c2ccc(N(c3ccccc3)c3ccccc3)cc2)c2cccc3ccccc23)cc1)C(C)(C)C. The van der Waals surface area contributed by atoms with E-state index in [0.29, 0.717) is 5.92 Å². The van der Waals surface area contributed by atoms with E-state index in [9.17, 15) is 0 Å². The zero-order chi connectivity index (χ0) is 31.4. The Kier molecular flexibility index (Phi) is 8.58. The molecular formula is C43H42N2. The molecule has 0 radical (unpaired) electrons. The fourth-order valence-electron chi connectivity index (χ4n) is 6.19. The second-order valence-electron chi connectivity index (χ2n) is 13.0. The van der Waals surface area contributed by atoms with Crippen molar-refractivity contribution in [2.45, 2.75) is 40.5 Å². The molecule has 0 saturated carbocycles. The van der Waals surface area contributed by atoms with E-state index < -0.39 is 0 Å². The lowest BCUT2D eigenvalue weighted by Crippen LogP contribution is -2.17. The first-order chi connectivity index (χ1) is 21.8. The van der Waals surface area contributed by atoms with Crippen LogP contribution in [0, 0.1) is 5.41 Å². The number of fused-ring (bicyclic) bond motifs is 1. The van der Waals surface area contributed by atoms with Crippen LogP contribution in [0.15, 0.2) is 163 Å².